The van der Waals surface area contributed by atoms with Gasteiger partial charge in [0.15, 0.2) is 11.5 Å². The van der Waals surface area contributed by atoms with E-state index in [4.69, 9.17) is 21.1 Å². The highest BCUT2D eigenvalue weighted by atomic mass is 35.5. The molecule has 1 aliphatic heterocycles. The average Bonchev–Trinajstić information content (AvgIpc) is 2.96. The maximum absolute atomic E-state index is 13.9. The zero-order valence-corrected chi connectivity index (χ0v) is 18.3. The lowest BCUT2D eigenvalue weighted by Gasteiger charge is -2.16. The fraction of sp³-hybridized carbons (Fsp3) is 0.273. The van der Waals surface area contributed by atoms with Crippen molar-refractivity contribution in [2.75, 3.05) is 6.61 Å². The molecule has 1 heterocycles. The van der Waals surface area contributed by atoms with E-state index in [0.29, 0.717) is 28.4 Å². The van der Waals surface area contributed by atoms with Gasteiger partial charge in [-0.1, -0.05) is 29.8 Å². The second-order valence-electron chi connectivity index (χ2n) is 6.79. The van der Waals surface area contributed by atoms with Crippen molar-refractivity contribution in [2.24, 2.45) is 0 Å². The molecule has 0 saturated carbocycles. The van der Waals surface area contributed by atoms with Gasteiger partial charge in [-0.15, -0.1) is 0 Å². The lowest BCUT2D eigenvalue weighted by molar-refractivity contribution is -0.123. The van der Waals surface area contributed by atoms with Crippen LogP contribution in [0.4, 0.5) is 9.18 Å². The molecule has 2 amide bonds. The summed E-state index contributed by atoms with van der Waals surface area (Å²) in [4.78, 5) is 26.1. The second kappa shape index (κ2) is 9.53. The van der Waals surface area contributed by atoms with Crippen LogP contribution in [0.1, 0.15) is 31.9 Å². The molecule has 0 spiro atoms. The third-order valence-corrected chi connectivity index (χ3v) is 5.46. The first kappa shape index (κ1) is 22.2. The van der Waals surface area contributed by atoms with Crippen molar-refractivity contribution in [3.63, 3.8) is 0 Å². The number of benzene rings is 2. The molecular formula is C22H21ClFNO4S. The molecule has 2 aromatic rings. The molecule has 0 bridgehead atoms. The summed E-state index contributed by atoms with van der Waals surface area (Å²) in [5.41, 5.74) is 0.985. The van der Waals surface area contributed by atoms with Crippen LogP contribution in [0.25, 0.3) is 6.08 Å². The number of ether oxygens (including phenoxy) is 2. The first-order valence-corrected chi connectivity index (χ1v) is 10.6. The van der Waals surface area contributed by atoms with Crippen LogP contribution in [0, 0.1) is 5.82 Å². The van der Waals surface area contributed by atoms with Crippen LogP contribution >= 0.6 is 23.4 Å². The van der Waals surface area contributed by atoms with Crippen molar-refractivity contribution >= 4 is 40.6 Å². The molecule has 1 saturated heterocycles. The van der Waals surface area contributed by atoms with Gasteiger partial charge < -0.3 is 9.47 Å². The Labute approximate surface area is 183 Å². The molecule has 8 heteroatoms. The summed E-state index contributed by atoms with van der Waals surface area (Å²) < 4.78 is 25.3. The Hall–Kier alpha value is -2.51. The van der Waals surface area contributed by atoms with E-state index in [1.807, 2.05) is 6.92 Å². The van der Waals surface area contributed by atoms with Gasteiger partial charge in [0.25, 0.3) is 11.1 Å². The maximum atomic E-state index is 13.9. The van der Waals surface area contributed by atoms with Gasteiger partial charge in [0, 0.05) is 11.6 Å². The highest BCUT2D eigenvalue weighted by molar-refractivity contribution is 8.18. The van der Waals surface area contributed by atoms with Crippen LogP contribution < -0.4 is 9.47 Å². The number of amides is 2. The van der Waals surface area contributed by atoms with Crippen LogP contribution in [0.5, 0.6) is 11.5 Å². The molecule has 3 rings (SSSR count). The number of rotatable bonds is 7. The van der Waals surface area contributed by atoms with Crippen LogP contribution in [0.2, 0.25) is 5.02 Å². The zero-order valence-electron chi connectivity index (χ0n) is 16.8. The average molecular weight is 450 g/mol. The van der Waals surface area contributed by atoms with Crippen LogP contribution in [0.3, 0.4) is 0 Å². The Morgan fingerprint density at radius 3 is 2.57 bits per heavy atom. The lowest BCUT2D eigenvalue weighted by Crippen LogP contribution is -2.34. The minimum atomic E-state index is -0.371. The summed E-state index contributed by atoms with van der Waals surface area (Å²) in [7, 11) is 0. The molecule has 0 aromatic heterocycles. The maximum Gasteiger partial charge on any atom is 0.293 e. The normalized spacial score (nSPS) is 15.4. The van der Waals surface area contributed by atoms with Crippen LogP contribution in [-0.4, -0.2) is 28.7 Å². The summed E-state index contributed by atoms with van der Waals surface area (Å²) in [5.74, 6) is -0.0528. The van der Waals surface area contributed by atoms with E-state index in [0.717, 1.165) is 11.8 Å². The van der Waals surface area contributed by atoms with Gasteiger partial charge in [-0.3, -0.25) is 14.5 Å². The summed E-state index contributed by atoms with van der Waals surface area (Å²) in [6, 6.07) is 9.38. The summed E-state index contributed by atoms with van der Waals surface area (Å²) in [6.45, 7) is 5.73. The SMILES string of the molecule is CCOc1cc(C=C2SC(=O)N(C(C)C)C2=O)cc(Cl)c1OCc1ccccc1F. The number of thioether (sulfide) groups is 1. The molecule has 0 aliphatic carbocycles. The molecule has 0 radical (unpaired) electrons. The molecule has 0 unspecified atom stereocenters. The fourth-order valence-electron chi connectivity index (χ4n) is 2.92. The van der Waals surface area contributed by atoms with Gasteiger partial charge in [0.1, 0.15) is 12.4 Å². The number of carbonyl (C=O) groups excluding carboxylic acids is 2. The molecule has 5 nitrogen and oxygen atoms in total. The number of nitrogens with zero attached hydrogens (tertiary/aromatic N) is 1. The Morgan fingerprint density at radius 1 is 1.20 bits per heavy atom. The van der Waals surface area contributed by atoms with Crippen molar-refractivity contribution in [2.45, 2.75) is 33.4 Å². The summed E-state index contributed by atoms with van der Waals surface area (Å²) in [5, 5.41) is -0.0474. The largest absolute Gasteiger partial charge is 0.490 e. The minimum absolute atomic E-state index is 0.0148. The Kier molecular flexibility index (Phi) is 7.05. The highest BCUT2D eigenvalue weighted by Crippen LogP contribution is 2.40. The first-order valence-electron chi connectivity index (χ1n) is 9.41. The van der Waals surface area contributed by atoms with Crippen molar-refractivity contribution in [3.05, 3.63) is 63.3 Å². The fourth-order valence-corrected chi connectivity index (χ4v) is 4.15. The van der Waals surface area contributed by atoms with Gasteiger partial charge in [0.05, 0.1) is 16.5 Å². The zero-order chi connectivity index (χ0) is 21.8. The monoisotopic (exact) mass is 449 g/mol. The van der Waals surface area contributed by atoms with E-state index >= 15 is 0 Å². The van der Waals surface area contributed by atoms with Gasteiger partial charge in [0.2, 0.25) is 0 Å². The van der Waals surface area contributed by atoms with Crippen molar-refractivity contribution in [1.29, 1.82) is 0 Å². The summed E-state index contributed by atoms with van der Waals surface area (Å²) in [6.07, 6.45) is 1.60. The van der Waals surface area contributed by atoms with E-state index < -0.39 is 0 Å². The predicted molar refractivity (Wildman–Crippen MR) is 116 cm³/mol. The smallest absolute Gasteiger partial charge is 0.293 e. The molecule has 2 aromatic carbocycles. The number of carbonyl (C=O) groups is 2. The van der Waals surface area contributed by atoms with Gasteiger partial charge in [-0.05, 0) is 62.4 Å². The Balaban J connectivity index is 1.89. The molecule has 0 atom stereocenters. The Morgan fingerprint density at radius 2 is 1.93 bits per heavy atom. The van der Waals surface area contributed by atoms with Gasteiger partial charge >= 0.3 is 0 Å². The molecule has 1 aliphatic rings. The van der Waals surface area contributed by atoms with Crippen LogP contribution in [0.15, 0.2) is 41.3 Å². The number of halogens is 2. The second-order valence-corrected chi connectivity index (χ2v) is 8.19. The summed E-state index contributed by atoms with van der Waals surface area (Å²) >= 11 is 7.29. The topological polar surface area (TPSA) is 55.8 Å². The molecule has 158 valence electrons. The highest BCUT2D eigenvalue weighted by Gasteiger charge is 2.36. The number of hydrogen-bond acceptors (Lipinski definition) is 5. The molecule has 30 heavy (non-hydrogen) atoms. The third kappa shape index (κ3) is 4.79. The predicted octanol–water partition coefficient (Wildman–Crippen LogP) is 5.90. The lowest BCUT2D eigenvalue weighted by atomic mass is 10.1. The van der Waals surface area contributed by atoms with Crippen LogP contribution in [-0.2, 0) is 11.4 Å². The van der Waals surface area contributed by atoms with E-state index in [9.17, 15) is 14.0 Å². The molecular weight excluding hydrogens is 429 g/mol. The van der Waals surface area contributed by atoms with E-state index in [1.165, 1.54) is 11.0 Å². The van der Waals surface area contributed by atoms with E-state index in [2.05, 4.69) is 0 Å². The number of imide groups is 1. The van der Waals surface area contributed by atoms with Crippen molar-refractivity contribution in [1.82, 2.24) is 4.90 Å². The minimum Gasteiger partial charge on any atom is -0.490 e. The third-order valence-electron chi connectivity index (χ3n) is 4.30. The van der Waals surface area contributed by atoms with E-state index in [1.54, 1.807) is 50.3 Å². The quantitative estimate of drug-likeness (QED) is 0.492. The standard InChI is InChI=1S/C22H21ClFNO4S/c1-4-28-18-10-14(11-19-21(26)25(13(2)3)22(27)30-19)9-16(23)20(18)29-12-15-7-5-6-8-17(15)24/h5-11,13H,4,12H2,1-3H3. The van der Waals surface area contributed by atoms with Crippen molar-refractivity contribution in [3.8, 4) is 11.5 Å². The van der Waals surface area contributed by atoms with Gasteiger partial charge in [-0.25, -0.2) is 4.39 Å². The number of hydrogen-bond donors (Lipinski definition) is 0. The molecule has 0 N–H and O–H groups in total. The van der Waals surface area contributed by atoms with Crippen molar-refractivity contribution < 1.29 is 23.5 Å². The van der Waals surface area contributed by atoms with E-state index in [-0.39, 0.29) is 40.4 Å². The first-order chi connectivity index (χ1) is 14.3. The molecule has 1 fully saturated rings. The Bertz CT molecular complexity index is 1010. The van der Waals surface area contributed by atoms with Gasteiger partial charge in [-0.2, -0.15) is 0 Å².